The van der Waals surface area contributed by atoms with Crippen LogP contribution in [0.25, 0.3) is 22.0 Å². The van der Waals surface area contributed by atoms with Gasteiger partial charge in [0.1, 0.15) is 0 Å². The Bertz CT molecular complexity index is 1190. The maximum absolute atomic E-state index is 13.3. The molecular formula is C21H19N3O4. The van der Waals surface area contributed by atoms with Gasteiger partial charge in [0.25, 0.3) is 11.2 Å². The molecule has 7 nitrogen and oxygen atoms in total. The van der Waals surface area contributed by atoms with Crippen molar-refractivity contribution < 1.29 is 9.72 Å². The third-order valence-corrected chi connectivity index (χ3v) is 5.11. The minimum absolute atomic E-state index is 0.147. The molecule has 0 saturated heterocycles. The fraction of sp³-hybridized carbons (Fsp3) is 0.238. The van der Waals surface area contributed by atoms with Crippen LogP contribution < -0.4 is 5.56 Å². The molecule has 1 aliphatic carbocycles. The summed E-state index contributed by atoms with van der Waals surface area (Å²) in [5.74, 6) is -0.147. The second kappa shape index (κ2) is 6.69. The number of nitro benzene ring substituents is 1. The molecule has 0 N–H and O–H groups in total. The molecule has 1 aromatic heterocycles. The smallest absolute Gasteiger partial charge is 0.270 e. The van der Waals surface area contributed by atoms with Crippen LogP contribution in [0, 0.1) is 10.1 Å². The van der Waals surface area contributed by atoms with E-state index in [0.717, 1.165) is 18.5 Å². The van der Waals surface area contributed by atoms with Crippen LogP contribution in [0.4, 0.5) is 5.69 Å². The molecule has 0 spiro atoms. The lowest BCUT2D eigenvalue weighted by molar-refractivity contribution is -0.384. The summed E-state index contributed by atoms with van der Waals surface area (Å²) >= 11 is 0. The third kappa shape index (κ3) is 2.71. The SMILES string of the molecule is CN(C)CCCn1c2c(c3ccc([N+](=O)[O-])cc3c1=O)C(=O)c1ccccc1-2. The van der Waals surface area contributed by atoms with E-state index in [0.29, 0.717) is 28.8 Å². The Balaban J connectivity index is 2.03. The minimum Gasteiger partial charge on any atom is -0.309 e. The van der Waals surface area contributed by atoms with Crippen LogP contribution in [0.15, 0.2) is 47.3 Å². The third-order valence-electron chi connectivity index (χ3n) is 5.11. The van der Waals surface area contributed by atoms with Gasteiger partial charge in [-0.2, -0.15) is 0 Å². The van der Waals surface area contributed by atoms with Gasteiger partial charge in [0, 0.05) is 35.2 Å². The van der Waals surface area contributed by atoms with E-state index in [4.69, 9.17) is 0 Å². The molecule has 2 aromatic carbocycles. The van der Waals surface area contributed by atoms with Gasteiger partial charge in [-0.25, -0.2) is 0 Å². The lowest BCUT2D eigenvalue weighted by Gasteiger charge is -2.16. The molecule has 0 fully saturated rings. The first-order valence-corrected chi connectivity index (χ1v) is 9.04. The van der Waals surface area contributed by atoms with E-state index in [2.05, 4.69) is 0 Å². The summed E-state index contributed by atoms with van der Waals surface area (Å²) in [6, 6.07) is 11.4. The molecule has 1 aliphatic rings. The average Bonchev–Trinajstić information content (AvgIpc) is 2.97. The summed E-state index contributed by atoms with van der Waals surface area (Å²) in [5, 5.41) is 11.9. The highest BCUT2D eigenvalue weighted by Crippen LogP contribution is 2.39. The van der Waals surface area contributed by atoms with Gasteiger partial charge in [-0.05, 0) is 33.1 Å². The summed E-state index contributed by atoms with van der Waals surface area (Å²) in [6.45, 7) is 1.21. The second-order valence-corrected chi connectivity index (χ2v) is 7.20. The first-order valence-electron chi connectivity index (χ1n) is 9.04. The second-order valence-electron chi connectivity index (χ2n) is 7.20. The van der Waals surface area contributed by atoms with Gasteiger partial charge in [-0.15, -0.1) is 0 Å². The normalized spacial score (nSPS) is 12.5. The van der Waals surface area contributed by atoms with Crippen LogP contribution in [0.3, 0.4) is 0 Å². The van der Waals surface area contributed by atoms with Gasteiger partial charge in [0.2, 0.25) is 0 Å². The summed E-state index contributed by atoms with van der Waals surface area (Å²) < 4.78 is 1.61. The van der Waals surface area contributed by atoms with Crippen molar-refractivity contribution in [3.05, 3.63) is 74.1 Å². The number of benzene rings is 2. The standard InChI is InChI=1S/C21H19N3O4/c1-22(2)10-5-11-23-19-15-6-3-4-7-16(15)20(25)18(19)14-9-8-13(24(27)28)12-17(14)21(23)26/h3-4,6-9,12H,5,10-11H2,1-2H3. The molecule has 1 heterocycles. The predicted molar refractivity (Wildman–Crippen MR) is 107 cm³/mol. The lowest BCUT2D eigenvalue weighted by Crippen LogP contribution is -2.25. The summed E-state index contributed by atoms with van der Waals surface area (Å²) in [7, 11) is 3.91. The van der Waals surface area contributed by atoms with Crippen LogP contribution in [-0.2, 0) is 6.54 Å². The Morgan fingerprint density at radius 2 is 1.75 bits per heavy atom. The zero-order chi connectivity index (χ0) is 20.0. The van der Waals surface area contributed by atoms with E-state index in [1.165, 1.54) is 18.2 Å². The number of hydrogen-bond acceptors (Lipinski definition) is 5. The fourth-order valence-corrected chi connectivity index (χ4v) is 3.84. The monoisotopic (exact) mass is 377 g/mol. The number of nitro groups is 1. The van der Waals surface area contributed by atoms with Crippen LogP contribution in [0.1, 0.15) is 22.3 Å². The van der Waals surface area contributed by atoms with E-state index in [1.54, 1.807) is 16.7 Å². The van der Waals surface area contributed by atoms with Crippen molar-refractivity contribution in [2.45, 2.75) is 13.0 Å². The first-order chi connectivity index (χ1) is 13.4. The number of aromatic nitrogens is 1. The van der Waals surface area contributed by atoms with Crippen molar-refractivity contribution in [2.24, 2.45) is 0 Å². The highest BCUT2D eigenvalue weighted by atomic mass is 16.6. The van der Waals surface area contributed by atoms with E-state index in [1.807, 2.05) is 31.1 Å². The van der Waals surface area contributed by atoms with Gasteiger partial charge in [-0.3, -0.25) is 19.7 Å². The molecule has 0 unspecified atom stereocenters. The van der Waals surface area contributed by atoms with Crippen molar-refractivity contribution in [3.63, 3.8) is 0 Å². The van der Waals surface area contributed by atoms with Crippen LogP contribution in [0.5, 0.6) is 0 Å². The molecule has 7 heteroatoms. The van der Waals surface area contributed by atoms with Crippen molar-refractivity contribution in [3.8, 4) is 11.3 Å². The van der Waals surface area contributed by atoms with Crippen molar-refractivity contribution in [1.29, 1.82) is 0 Å². The van der Waals surface area contributed by atoms with Gasteiger partial charge >= 0.3 is 0 Å². The van der Waals surface area contributed by atoms with Crippen molar-refractivity contribution in [1.82, 2.24) is 9.47 Å². The molecule has 0 bridgehead atoms. The zero-order valence-corrected chi connectivity index (χ0v) is 15.6. The average molecular weight is 377 g/mol. The van der Waals surface area contributed by atoms with E-state index in [9.17, 15) is 19.7 Å². The van der Waals surface area contributed by atoms with E-state index >= 15 is 0 Å². The van der Waals surface area contributed by atoms with E-state index in [-0.39, 0.29) is 22.4 Å². The first kappa shape index (κ1) is 18.1. The highest BCUT2D eigenvalue weighted by molar-refractivity contribution is 6.26. The predicted octanol–water partition coefficient (Wildman–Crippen LogP) is 3.07. The van der Waals surface area contributed by atoms with Gasteiger partial charge in [0.05, 0.1) is 21.6 Å². The summed E-state index contributed by atoms with van der Waals surface area (Å²) in [6.07, 6.45) is 0.718. The van der Waals surface area contributed by atoms with E-state index < -0.39 is 4.92 Å². The molecule has 0 aliphatic heterocycles. The number of ketones is 1. The number of nitrogens with zero attached hydrogens (tertiary/aromatic N) is 3. The molecule has 0 radical (unpaired) electrons. The molecule has 28 heavy (non-hydrogen) atoms. The largest absolute Gasteiger partial charge is 0.309 e. The number of fused-ring (bicyclic) bond motifs is 5. The number of carbonyl (C=O) groups excluding carboxylic acids is 1. The molecule has 0 atom stereocenters. The molecular weight excluding hydrogens is 358 g/mol. The maximum Gasteiger partial charge on any atom is 0.270 e. The molecule has 142 valence electrons. The van der Waals surface area contributed by atoms with Gasteiger partial charge < -0.3 is 9.47 Å². The van der Waals surface area contributed by atoms with Crippen molar-refractivity contribution in [2.75, 3.05) is 20.6 Å². The number of pyridine rings is 1. The topological polar surface area (TPSA) is 85.4 Å². The Morgan fingerprint density at radius 3 is 2.43 bits per heavy atom. The van der Waals surface area contributed by atoms with Crippen LogP contribution in [-0.4, -0.2) is 40.8 Å². The Labute approximate surface area is 161 Å². The van der Waals surface area contributed by atoms with Gasteiger partial charge in [0.15, 0.2) is 5.78 Å². The molecule has 0 saturated carbocycles. The minimum atomic E-state index is -0.529. The fourth-order valence-electron chi connectivity index (χ4n) is 3.84. The molecule has 4 rings (SSSR count). The number of hydrogen-bond donors (Lipinski definition) is 0. The quantitative estimate of drug-likeness (QED) is 0.394. The maximum atomic E-state index is 13.3. The molecule has 3 aromatic rings. The Hall–Kier alpha value is -3.32. The van der Waals surface area contributed by atoms with Crippen molar-refractivity contribution >= 4 is 22.2 Å². The molecule has 0 amide bonds. The number of rotatable bonds is 5. The Kier molecular flexibility index (Phi) is 4.31. The Morgan fingerprint density at radius 1 is 1.04 bits per heavy atom. The number of carbonyl (C=O) groups is 1. The summed E-state index contributed by atoms with van der Waals surface area (Å²) in [5.41, 5.74) is 1.91. The van der Waals surface area contributed by atoms with Crippen LogP contribution in [0.2, 0.25) is 0 Å². The zero-order valence-electron chi connectivity index (χ0n) is 15.6. The highest BCUT2D eigenvalue weighted by Gasteiger charge is 2.32. The number of non-ortho nitro benzene ring substituents is 1. The van der Waals surface area contributed by atoms with Crippen LogP contribution >= 0.6 is 0 Å². The van der Waals surface area contributed by atoms with Gasteiger partial charge in [-0.1, -0.05) is 24.3 Å². The lowest BCUT2D eigenvalue weighted by atomic mass is 10.0. The summed E-state index contributed by atoms with van der Waals surface area (Å²) in [4.78, 5) is 39.1.